The monoisotopic (exact) mass is 184 g/mol. The Kier molecular flexibility index (Phi) is 3.31. The Morgan fingerprint density at radius 1 is 1.46 bits per heavy atom. The molecule has 0 radical (unpaired) electrons. The van der Waals surface area contributed by atoms with E-state index >= 15 is 0 Å². The van der Waals surface area contributed by atoms with Gasteiger partial charge in [-0.25, -0.2) is 0 Å². The van der Waals surface area contributed by atoms with Crippen molar-refractivity contribution in [3.05, 3.63) is 0 Å². The van der Waals surface area contributed by atoms with Crippen LogP contribution in [0.2, 0.25) is 0 Å². The molecule has 0 aromatic heterocycles. The Morgan fingerprint density at radius 2 is 2.15 bits per heavy atom. The Morgan fingerprint density at radius 3 is 2.62 bits per heavy atom. The fraction of sp³-hybridized carbons (Fsp3) is 0.900. The van der Waals surface area contributed by atoms with Crippen molar-refractivity contribution in [3.63, 3.8) is 0 Å². The van der Waals surface area contributed by atoms with Crippen molar-refractivity contribution in [2.75, 3.05) is 13.1 Å². The van der Waals surface area contributed by atoms with Gasteiger partial charge in [-0.3, -0.25) is 4.79 Å². The molecule has 0 aromatic carbocycles. The molecule has 13 heavy (non-hydrogen) atoms. The molecule has 3 nitrogen and oxygen atoms in total. The second kappa shape index (κ2) is 4.09. The first-order valence-electron chi connectivity index (χ1n) is 5.02. The van der Waals surface area contributed by atoms with E-state index in [1.54, 1.807) is 0 Å². The summed E-state index contributed by atoms with van der Waals surface area (Å²) >= 11 is 0. The average molecular weight is 184 g/mol. The van der Waals surface area contributed by atoms with E-state index in [1.807, 2.05) is 20.8 Å². The molecule has 0 aromatic rings. The van der Waals surface area contributed by atoms with Crippen LogP contribution in [-0.2, 0) is 4.79 Å². The van der Waals surface area contributed by atoms with Crippen LogP contribution in [0.1, 0.15) is 33.6 Å². The van der Waals surface area contributed by atoms with Gasteiger partial charge >= 0.3 is 0 Å². The maximum Gasteiger partial charge on any atom is 0.224 e. The molecule has 76 valence electrons. The van der Waals surface area contributed by atoms with Gasteiger partial charge in [0.25, 0.3) is 0 Å². The van der Waals surface area contributed by atoms with E-state index in [2.05, 4.69) is 10.6 Å². The normalized spacial score (nSPS) is 24.1. The van der Waals surface area contributed by atoms with Gasteiger partial charge in [-0.15, -0.1) is 0 Å². The largest absolute Gasteiger partial charge is 0.351 e. The first-order valence-corrected chi connectivity index (χ1v) is 5.02. The third-order valence-electron chi connectivity index (χ3n) is 2.17. The highest BCUT2D eigenvalue weighted by atomic mass is 16.2. The van der Waals surface area contributed by atoms with E-state index in [4.69, 9.17) is 0 Å². The van der Waals surface area contributed by atoms with E-state index in [1.165, 1.54) is 0 Å². The maximum absolute atomic E-state index is 11.7. The molecule has 0 bridgehead atoms. The highest BCUT2D eigenvalue weighted by Gasteiger charge is 2.23. The lowest BCUT2D eigenvalue weighted by Crippen LogP contribution is -2.47. The van der Waals surface area contributed by atoms with Crippen LogP contribution in [0.25, 0.3) is 0 Å². The molecule has 1 amide bonds. The minimum absolute atomic E-state index is 0.103. The molecule has 1 fully saturated rings. The second-order valence-electron chi connectivity index (χ2n) is 4.78. The summed E-state index contributed by atoms with van der Waals surface area (Å²) < 4.78 is 0. The minimum atomic E-state index is -0.103. The first kappa shape index (κ1) is 10.5. The van der Waals surface area contributed by atoms with E-state index < -0.39 is 0 Å². The number of piperidine rings is 1. The zero-order chi connectivity index (χ0) is 9.90. The minimum Gasteiger partial charge on any atom is -0.351 e. The number of carbonyl (C=O) groups is 1. The van der Waals surface area contributed by atoms with Crippen LogP contribution in [0.5, 0.6) is 0 Å². The third-order valence-corrected chi connectivity index (χ3v) is 2.17. The fourth-order valence-electron chi connectivity index (χ4n) is 1.55. The molecule has 1 aliphatic heterocycles. The van der Waals surface area contributed by atoms with Gasteiger partial charge in [0.2, 0.25) is 5.91 Å². The van der Waals surface area contributed by atoms with Gasteiger partial charge in [0.05, 0.1) is 5.92 Å². The summed E-state index contributed by atoms with van der Waals surface area (Å²) in [5.41, 5.74) is -0.103. The standard InChI is InChI=1S/C10H20N2O/c1-10(2,3)12-9(13)8-5-4-6-11-7-8/h8,11H,4-7H2,1-3H3,(H,12,13)/t8-/m1/s1. The molecule has 3 heteroatoms. The molecule has 1 heterocycles. The third kappa shape index (κ3) is 3.77. The molecule has 1 saturated heterocycles. The van der Waals surface area contributed by atoms with Crippen LogP contribution in [0, 0.1) is 5.92 Å². The van der Waals surface area contributed by atoms with Crippen molar-refractivity contribution in [3.8, 4) is 0 Å². The van der Waals surface area contributed by atoms with E-state index in [0.29, 0.717) is 0 Å². The van der Waals surface area contributed by atoms with Gasteiger partial charge in [-0.1, -0.05) is 0 Å². The molecule has 2 N–H and O–H groups in total. The van der Waals surface area contributed by atoms with Gasteiger partial charge in [0.15, 0.2) is 0 Å². The topological polar surface area (TPSA) is 41.1 Å². The zero-order valence-electron chi connectivity index (χ0n) is 8.81. The summed E-state index contributed by atoms with van der Waals surface area (Å²) in [6.45, 7) is 7.94. The van der Waals surface area contributed by atoms with Crippen LogP contribution in [0.4, 0.5) is 0 Å². The van der Waals surface area contributed by atoms with E-state index in [0.717, 1.165) is 25.9 Å². The van der Waals surface area contributed by atoms with Crippen LogP contribution >= 0.6 is 0 Å². The molecule has 1 rings (SSSR count). The molecular formula is C10H20N2O. The van der Waals surface area contributed by atoms with Crippen molar-refractivity contribution in [2.45, 2.75) is 39.2 Å². The summed E-state index contributed by atoms with van der Waals surface area (Å²) in [6, 6.07) is 0. The predicted octanol–water partition coefficient (Wildman–Crippen LogP) is 0.901. The van der Waals surface area contributed by atoms with Crippen molar-refractivity contribution in [1.29, 1.82) is 0 Å². The van der Waals surface area contributed by atoms with Gasteiger partial charge in [0.1, 0.15) is 0 Å². The summed E-state index contributed by atoms with van der Waals surface area (Å²) in [5.74, 6) is 0.368. The van der Waals surface area contributed by atoms with E-state index in [9.17, 15) is 4.79 Å². The first-order chi connectivity index (χ1) is 5.99. The number of hydrogen-bond acceptors (Lipinski definition) is 2. The highest BCUT2D eigenvalue weighted by Crippen LogP contribution is 2.11. The Hall–Kier alpha value is -0.570. The van der Waals surface area contributed by atoms with Crippen molar-refractivity contribution in [1.82, 2.24) is 10.6 Å². The Bertz CT molecular complexity index is 178. The quantitative estimate of drug-likeness (QED) is 0.635. The smallest absolute Gasteiger partial charge is 0.224 e. The Balaban J connectivity index is 2.38. The number of amides is 1. The molecular weight excluding hydrogens is 164 g/mol. The average Bonchev–Trinajstić information content (AvgIpc) is 2.03. The number of nitrogens with one attached hydrogen (secondary N) is 2. The number of carbonyl (C=O) groups excluding carboxylic acids is 1. The lowest BCUT2D eigenvalue weighted by Gasteiger charge is -2.27. The van der Waals surface area contributed by atoms with Crippen molar-refractivity contribution < 1.29 is 4.79 Å². The second-order valence-corrected chi connectivity index (χ2v) is 4.78. The summed E-state index contributed by atoms with van der Waals surface area (Å²) in [4.78, 5) is 11.7. The summed E-state index contributed by atoms with van der Waals surface area (Å²) in [5, 5.41) is 6.25. The number of hydrogen-bond donors (Lipinski definition) is 2. The van der Waals surface area contributed by atoms with Crippen LogP contribution < -0.4 is 10.6 Å². The Labute approximate surface area is 80.3 Å². The van der Waals surface area contributed by atoms with Crippen LogP contribution in [-0.4, -0.2) is 24.5 Å². The zero-order valence-corrected chi connectivity index (χ0v) is 8.81. The van der Waals surface area contributed by atoms with Gasteiger partial charge in [-0.2, -0.15) is 0 Å². The lowest BCUT2D eigenvalue weighted by molar-refractivity contribution is -0.126. The van der Waals surface area contributed by atoms with Crippen molar-refractivity contribution >= 4 is 5.91 Å². The van der Waals surface area contributed by atoms with Crippen LogP contribution in [0.15, 0.2) is 0 Å². The molecule has 0 aliphatic carbocycles. The molecule has 0 spiro atoms. The van der Waals surface area contributed by atoms with Gasteiger partial charge in [0, 0.05) is 12.1 Å². The predicted molar refractivity (Wildman–Crippen MR) is 53.5 cm³/mol. The summed E-state index contributed by atoms with van der Waals surface area (Å²) in [6.07, 6.45) is 2.14. The summed E-state index contributed by atoms with van der Waals surface area (Å²) in [7, 11) is 0. The molecule has 1 aliphatic rings. The molecule has 0 unspecified atom stereocenters. The highest BCUT2D eigenvalue weighted by molar-refractivity contribution is 5.79. The molecule has 0 saturated carbocycles. The lowest BCUT2D eigenvalue weighted by atomic mass is 9.97. The fourth-order valence-corrected chi connectivity index (χ4v) is 1.55. The van der Waals surface area contributed by atoms with Crippen molar-refractivity contribution in [2.24, 2.45) is 5.92 Å². The maximum atomic E-state index is 11.7. The SMILES string of the molecule is CC(C)(C)NC(=O)[C@@H]1CCCNC1. The van der Waals surface area contributed by atoms with Crippen LogP contribution in [0.3, 0.4) is 0 Å². The van der Waals surface area contributed by atoms with Gasteiger partial charge in [-0.05, 0) is 40.2 Å². The molecule has 1 atom stereocenters. The van der Waals surface area contributed by atoms with Gasteiger partial charge < -0.3 is 10.6 Å². The van der Waals surface area contributed by atoms with E-state index in [-0.39, 0.29) is 17.4 Å². The number of rotatable bonds is 1.